The molecule has 0 aliphatic carbocycles. The number of nitrogens with one attached hydrogen (secondary N) is 1. The van der Waals surface area contributed by atoms with E-state index < -0.39 is 5.60 Å². The molecule has 0 spiro atoms. The molecule has 0 bridgehead atoms. The van der Waals surface area contributed by atoms with E-state index in [4.69, 9.17) is 4.74 Å². The molecule has 1 rings (SSSR count). The predicted octanol–water partition coefficient (Wildman–Crippen LogP) is 2.26. The standard InChI is InChI=1S/C13H20FNO2/c1-9(15-4)11-6-5-10(14)7-12(11)17-8-13(2,3)16/h5-7,9,15-16H,8H2,1-4H3. The minimum absolute atomic E-state index is 0.0624. The van der Waals surface area contributed by atoms with Crippen molar-refractivity contribution in [3.05, 3.63) is 29.6 Å². The Kier molecular flexibility index (Phi) is 4.48. The summed E-state index contributed by atoms with van der Waals surface area (Å²) in [5, 5.41) is 12.7. The molecule has 0 aromatic heterocycles. The highest BCUT2D eigenvalue weighted by Crippen LogP contribution is 2.26. The van der Waals surface area contributed by atoms with Crippen LogP contribution < -0.4 is 10.1 Å². The van der Waals surface area contributed by atoms with E-state index in [2.05, 4.69) is 5.32 Å². The second-order valence-electron chi connectivity index (χ2n) is 4.79. The zero-order valence-corrected chi connectivity index (χ0v) is 10.7. The normalized spacial score (nSPS) is 13.5. The topological polar surface area (TPSA) is 41.5 Å². The third kappa shape index (κ3) is 4.32. The summed E-state index contributed by atoms with van der Waals surface area (Å²) in [6, 6.07) is 4.50. The number of halogens is 1. The maximum Gasteiger partial charge on any atom is 0.127 e. The van der Waals surface area contributed by atoms with Crippen molar-refractivity contribution in [1.29, 1.82) is 0 Å². The lowest BCUT2D eigenvalue weighted by Crippen LogP contribution is -2.28. The van der Waals surface area contributed by atoms with E-state index in [9.17, 15) is 9.50 Å². The predicted molar refractivity (Wildman–Crippen MR) is 65.7 cm³/mol. The summed E-state index contributed by atoms with van der Waals surface area (Å²) in [7, 11) is 1.83. The van der Waals surface area contributed by atoms with Gasteiger partial charge in [-0.05, 0) is 33.9 Å². The average Bonchev–Trinajstić information content (AvgIpc) is 2.24. The van der Waals surface area contributed by atoms with Crippen LogP contribution >= 0.6 is 0 Å². The largest absolute Gasteiger partial charge is 0.490 e. The first-order valence-electron chi connectivity index (χ1n) is 5.65. The lowest BCUT2D eigenvalue weighted by molar-refractivity contribution is 0.0279. The van der Waals surface area contributed by atoms with Crippen LogP contribution in [0.5, 0.6) is 5.75 Å². The van der Waals surface area contributed by atoms with E-state index in [1.807, 2.05) is 14.0 Å². The summed E-state index contributed by atoms with van der Waals surface area (Å²) in [6.45, 7) is 5.38. The molecule has 0 aliphatic rings. The van der Waals surface area contributed by atoms with Crippen molar-refractivity contribution < 1.29 is 14.2 Å². The Morgan fingerprint density at radius 2 is 2.12 bits per heavy atom. The van der Waals surface area contributed by atoms with Crippen molar-refractivity contribution in [2.45, 2.75) is 32.4 Å². The second kappa shape index (κ2) is 5.47. The Balaban J connectivity index is 2.91. The molecule has 4 heteroatoms. The fourth-order valence-electron chi connectivity index (χ4n) is 1.40. The van der Waals surface area contributed by atoms with Crippen molar-refractivity contribution in [1.82, 2.24) is 5.32 Å². The van der Waals surface area contributed by atoms with Crippen LogP contribution in [0.4, 0.5) is 4.39 Å². The molecule has 17 heavy (non-hydrogen) atoms. The molecule has 0 saturated heterocycles. The maximum atomic E-state index is 13.2. The van der Waals surface area contributed by atoms with Gasteiger partial charge in [0.25, 0.3) is 0 Å². The van der Waals surface area contributed by atoms with Crippen molar-refractivity contribution in [2.24, 2.45) is 0 Å². The van der Waals surface area contributed by atoms with Crippen LogP contribution in [0.1, 0.15) is 32.4 Å². The summed E-state index contributed by atoms with van der Waals surface area (Å²) in [5.74, 6) is 0.122. The van der Waals surface area contributed by atoms with Gasteiger partial charge in [0, 0.05) is 17.7 Å². The fourth-order valence-corrected chi connectivity index (χ4v) is 1.40. The third-order valence-electron chi connectivity index (χ3n) is 2.46. The van der Waals surface area contributed by atoms with E-state index >= 15 is 0 Å². The number of benzene rings is 1. The van der Waals surface area contributed by atoms with Gasteiger partial charge >= 0.3 is 0 Å². The lowest BCUT2D eigenvalue weighted by atomic mass is 10.1. The monoisotopic (exact) mass is 241 g/mol. The van der Waals surface area contributed by atoms with Gasteiger partial charge in [0.1, 0.15) is 18.2 Å². The van der Waals surface area contributed by atoms with E-state index in [1.54, 1.807) is 19.9 Å². The molecule has 96 valence electrons. The first-order chi connectivity index (χ1) is 7.83. The van der Waals surface area contributed by atoms with Crippen LogP contribution in [0.2, 0.25) is 0 Å². The zero-order valence-electron chi connectivity index (χ0n) is 10.7. The van der Waals surface area contributed by atoms with Crippen LogP contribution in [0.15, 0.2) is 18.2 Å². The van der Waals surface area contributed by atoms with E-state index in [1.165, 1.54) is 12.1 Å². The van der Waals surface area contributed by atoms with Gasteiger partial charge in [-0.3, -0.25) is 0 Å². The number of ether oxygens (including phenoxy) is 1. The Bertz CT molecular complexity index is 374. The molecule has 0 fully saturated rings. The molecule has 2 N–H and O–H groups in total. The summed E-state index contributed by atoms with van der Waals surface area (Å²) in [5.41, 5.74) is -0.0647. The summed E-state index contributed by atoms with van der Waals surface area (Å²) >= 11 is 0. The molecule has 1 aromatic carbocycles. The van der Waals surface area contributed by atoms with Gasteiger partial charge in [0.15, 0.2) is 0 Å². The minimum Gasteiger partial charge on any atom is -0.490 e. The van der Waals surface area contributed by atoms with Crippen LogP contribution in [0.25, 0.3) is 0 Å². The molecule has 3 nitrogen and oxygen atoms in total. The minimum atomic E-state index is -0.938. The molecular formula is C13H20FNO2. The van der Waals surface area contributed by atoms with Gasteiger partial charge < -0.3 is 15.2 Å². The molecule has 0 saturated carbocycles. The van der Waals surface area contributed by atoms with Gasteiger partial charge in [0.2, 0.25) is 0 Å². The van der Waals surface area contributed by atoms with Crippen molar-refractivity contribution in [3.63, 3.8) is 0 Å². The van der Waals surface area contributed by atoms with Gasteiger partial charge in [-0.25, -0.2) is 4.39 Å². The van der Waals surface area contributed by atoms with Gasteiger partial charge in [-0.2, -0.15) is 0 Å². The van der Waals surface area contributed by atoms with Crippen molar-refractivity contribution in [2.75, 3.05) is 13.7 Å². The highest BCUT2D eigenvalue weighted by molar-refractivity contribution is 5.36. The maximum absolute atomic E-state index is 13.2. The number of hydrogen-bond acceptors (Lipinski definition) is 3. The van der Waals surface area contributed by atoms with Gasteiger partial charge in [-0.1, -0.05) is 6.07 Å². The number of rotatable bonds is 5. The zero-order chi connectivity index (χ0) is 13.1. The molecule has 0 radical (unpaired) electrons. The van der Waals surface area contributed by atoms with Gasteiger partial charge in [-0.15, -0.1) is 0 Å². The molecule has 1 unspecified atom stereocenters. The van der Waals surface area contributed by atoms with E-state index in [0.717, 1.165) is 5.56 Å². The van der Waals surface area contributed by atoms with E-state index in [-0.39, 0.29) is 18.5 Å². The highest BCUT2D eigenvalue weighted by Gasteiger charge is 2.16. The summed E-state index contributed by atoms with van der Waals surface area (Å²) < 4.78 is 18.6. The first-order valence-corrected chi connectivity index (χ1v) is 5.65. The quantitative estimate of drug-likeness (QED) is 0.830. The smallest absolute Gasteiger partial charge is 0.127 e. The highest BCUT2D eigenvalue weighted by atomic mass is 19.1. The molecule has 0 amide bonds. The fraction of sp³-hybridized carbons (Fsp3) is 0.538. The third-order valence-corrected chi connectivity index (χ3v) is 2.46. The molecule has 1 atom stereocenters. The molecule has 0 aliphatic heterocycles. The van der Waals surface area contributed by atoms with Crippen molar-refractivity contribution in [3.8, 4) is 5.75 Å². The van der Waals surface area contributed by atoms with Crippen LogP contribution in [-0.2, 0) is 0 Å². The Morgan fingerprint density at radius 1 is 1.47 bits per heavy atom. The van der Waals surface area contributed by atoms with Crippen molar-refractivity contribution >= 4 is 0 Å². The Labute approximate surface area is 102 Å². The molecule has 1 aromatic rings. The Morgan fingerprint density at radius 3 is 2.65 bits per heavy atom. The van der Waals surface area contributed by atoms with Crippen LogP contribution in [-0.4, -0.2) is 24.4 Å². The van der Waals surface area contributed by atoms with Crippen LogP contribution in [0.3, 0.4) is 0 Å². The first kappa shape index (κ1) is 13.9. The van der Waals surface area contributed by atoms with E-state index in [0.29, 0.717) is 5.75 Å². The summed E-state index contributed by atoms with van der Waals surface area (Å²) in [4.78, 5) is 0. The van der Waals surface area contributed by atoms with Gasteiger partial charge in [0.05, 0.1) is 5.60 Å². The summed E-state index contributed by atoms with van der Waals surface area (Å²) in [6.07, 6.45) is 0. The molecular weight excluding hydrogens is 221 g/mol. The number of aliphatic hydroxyl groups is 1. The van der Waals surface area contributed by atoms with Crippen LogP contribution in [0, 0.1) is 5.82 Å². The Hall–Kier alpha value is -1.13. The average molecular weight is 241 g/mol. The lowest BCUT2D eigenvalue weighted by Gasteiger charge is -2.21. The second-order valence-corrected chi connectivity index (χ2v) is 4.79. The molecule has 0 heterocycles. The number of hydrogen-bond donors (Lipinski definition) is 2. The SMILES string of the molecule is CNC(C)c1ccc(F)cc1OCC(C)(C)O.